The fourth-order valence-electron chi connectivity index (χ4n) is 2.70. The molecule has 0 aliphatic heterocycles. The molecule has 0 bridgehead atoms. The molecular weight excluding hydrogens is 401 g/mol. The van der Waals surface area contributed by atoms with Gasteiger partial charge in [-0.25, -0.2) is 4.98 Å². The molecule has 2 aromatic carbocycles. The molecule has 0 aliphatic rings. The predicted octanol–water partition coefficient (Wildman–Crippen LogP) is 5.91. The minimum atomic E-state index is -4.51. The van der Waals surface area contributed by atoms with Crippen LogP contribution in [0.3, 0.4) is 0 Å². The normalized spacial score (nSPS) is 11.8. The number of allylic oxidation sites excluding steroid dienone is 1. The SMILES string of the molecule is COc1ccc(-c2csc(/C(C#N)=C/c3ccccc3C(F)(F)F)n2)cc1OC. The standard InChI is InChI=1S/C21H15F3N2O2S/c1-27-18-8-7-14(10-19(18)28-2)17-12-29-20(26-17)15(11-25)9-13-5-3-4-6-16(13)21(22,23)24/h3-10,12H,1-2H3/b15-9+. The molecule has 1 heterocycles. The van der Waals surface area contributed by atoms with Crippen molar-refractivity contribution in [1.29, 1.82) is 5.26 Å². The summed E-state index contributed by atoms with van der Waals surface area (Å²) in [6.45, 7) is 0. The molecule has 0 unspecified atom stereocenters. The van der Waals surface area contributed by atoms with E-state index in [1.165, 1.54) is 49.8 Å². The van der Waals surface area contributed by atoms with Crippen LogP contribution in [0.15, 0.2) is 47.8 Å². The molecule has 0 atom stereocenters. The number of methoxy groups -OCH3 is 2. The summed E-state index contributed by atoms with van der Waals surface area (Å²) in [7, 11) is 3.05. The number of thiazole rings is 1. The lowest BCUT2D eigenvalue weighted by atomic mass is 10.0. The maximum absolute atomic E-state index is 13.2. The number of halogens is 3. The second kappa shape index (κ2) is 8.37. The first-order chi connectivity index (χ1) is 13.9. The van der Waals surface area contributed by atoms with Gasteiger partial charge in [0.2, 0.25) is 0 Å². The number of alkyl halides is 3. The number of rotatable bonds is 5. The van der Waals surface area contributed by atoms with Crippen molar-refractivity contribution in [2.45, 2.75) is 6.18 Å². The van der Waals surface area contributed by atoms with Gasteiger partial charge in [-0.05, 0) is 35.9 Å². The number of nitrogens with zero attached hydrogens (tertiary/aromatic N) is 2. The van der Waals surface area contributed by atoms with Crippen molar-refractivity contribution < 1.29 is 22.6 Å². The molecule has 0 radical (unpaired) electrons. The Bertz CT molecular complexity index is 1100. The van der Waals surface area contributed by atoms with E-state index in [0.717, 1.165) is 11.6 Å². The van der Waals surface area contributed by atoms with Gasteiger partial charge >= 0.3 is 6.18 Å². The van der Waals surface area contributed by atoms with Gasteiger partial charge in [-0.3, -0.25) is 0 Å². The van der Waals surface area contributed by atoms with Crippen LogP contribution in [0.4, 0.5) is 13.2 Å². The van der Waals surface area contributed by atoms with Gasteiger partial charge in [0.05, 0.1) is 31.1 Å². The fourth-order valence-corrected chi connectivity index (χ4v) is 3.50. The summed E-state index contributed by atoms with van der Waals surface area (Å²) in [6, 6.07) is 12.3. The second-order valence-electron chi connectivity index (χ2n) is 5.86. The molecule has 0 spiro atoms. The summed E-state index contributed by atoms with van der Waals surface area (Å²) >= 11 is 1.18. The molecule has 3 aromatic rings. The Balaban J connectivity index is 2.00. The van der Waals surface area contributed by atoms with Crippen molar-refractivity contribution in [2.75, 3.05) is 14.2 Å². The van der Waals surface area contributed by atoms with Crippen molar-refractivity contribution in [1.82, 2.24) is 4.98 Å². The third kappa shape index (κ3) is 4.41. The summed E-state index contributed by atoms with van der Waals surface area (Å²) < 4.78 is 50.1. The van der Waals surface area contributed by atoms with Crippen LogP contribution >= 0.6 is 11.3 Å². The van der Waals surface area contributed by atoms with Gasteiger partial charge in [0, 0.05) is 10.9 Å². The van der Waals surface area contributed by atoms with Crippen LogP contribution in [-0.2, 0) is 6.18 Å². The van der Waals surface area contributed by atoms with Crippen molar-refractivity contribution >= 4 is 23.0 Å². The first-order valence-electron chi connectivity index (χ1n) is 8.33. The van der Waals surface area contributed by atoms with Crippen LogP contribution < -0.4 is 9.47 Å². The van der Waals surface area contributed by atoms with Gasteiger partial charge in [-0.1, -0.05) is 18.2 Å². The van der Waals surface area contributed by atoms with Crippen LogP contribution in [0.25, 0.3) is 22.9 Å². The van der Waals surface area contributed by atoms with Crippen LogP contribution in [-0.4, -0.2) is 19.2 Å². The van der Waals surface area contributed by atoms with E-state index in [9.17, 15) is 18.4 Å². The van der Waals surface area contributed by atoms with Crippen LogP contribution in [0.2, 0.25) is 0 Å². The molecule has 0 fully saturated rings. The Kier molecular flexibility index (Phi) is 5.89. The average Bonchev–Trinajstić information content (AvgIpc) is 3.21. The molecule has 0 saturated heterocycles. The van der Waals surface area contributed by atoms with Gasteiger partial charge in [0.15, 0.2) is 11.5 Å². The number of nitriles is 1. The Morgan fingerprint density at radius 3 is 2.48 bits per heavy atom. The average molecular weight is 416 g/mol. The van der Waals surface area contributed by atoms with Gasteiger partial charge in [-0.2, -0.15) is 18.4 Å². The minimum Gasteiger partial charge on any atom is -0.493 e. The van der Waals surface area contributed by atoms with Gasteiger partial charge in [-0.15, -0.1) is 11.3 Å². The van der Waals surface area contributed by atoms with Gasteiger partial charge in [0.25, 0.3) is 0 Å². The molecule has 4 nitrogen and oxygen atoms in total. The quantitative estimate of drug-likeness (QED) is 0.485. The summed E-state index contributed by atoms with van der Waals surface area (Å²) in [4.78, 5) is 4.42. The largest absolute Gasteiger partial charge is 0.493 e. The fraction of sp³-hybridized carbons (Fsp3) is 0.143. The summed E-state index contributed by atoms with van der Waals surface area (Å²) in [5, 5.41) is 11.6. The summed E-state index contributed by atoms with van der Waals surface area (Å²) in [5.74, 6) is 1.09. The summed E-state index contributed by atoms with van der Waals surface area (Å²) in [5.41, 5.74) is 0.483. The zero-order valence-corrected chi connectivity index (χ0v) is 16.3. The lowest BCUT2D eigenvalue weighted by Gasteiger charge is -2.10. The molecule has 29 heavy (non-hydrogen) atoms. The highest BCUT2D eigenvalue weighted by molar-refractivity contribution is 7.11. The molecule has 3 rings (SSSR count). The van der Waals surface area contributed by atoms with Crippen LogP contribution in [0.1, 0.15) is 16.1 Å². The molecule has 8 heteroatoms. The topological polar surface area (TPSA) is 55.1 Å². The lowest BCUT2D eigenvalue weighted by molar-refractivity contribution is -0.137. The Morgan fingerprint density at radius 2 is 1.83 bits per heavy atom. The smallest absolute Gasteiger partial charge is 0.416 e. The van der Waals surface area contributed by atoms with E-state index < -0.39 is 11.7 Å². The van der Waals surface area contributed by atoms with E-state index >= 15 is 0 Å². The van der Waals surface area contributed by atoms with E-state index in [2.05, 4.69) is 4.98 Å². The zero-order valence-electron chi connectivity index (χ0n) is 15.4. The monoisotopic (exact) mass is 416 g/mol. The van der Waals surface area contributed by atoms with Crippen molar-refractivity contribution in [2.24, 2.45) is 0 Å². The lowest BCUT2D eigenvalue weighted by Crippen LogP contribution is -2.07. The molecule has 0 amide bonds. The van der Waals surface area contributed by atoms with E-state index in [4.69, 9.17) is 9.47 Å². The predicted molar refractivity (Wildman–Crippen MR) is 106 cm³/mol. The van der Waals surface area contributed by atoms with E-state index in [1.807, 2.05) is 6.07 Å². The third-order valence-electron chi connectivity index (χ3n) is 4.10. The van der Waals surface area contributed by atoms with Crippen LogP contribution in [0, 0.1) is 11.3 Å². The summed E-state index contributed by atoms with van der Waals surface area (Å²) in [6.07, 6.45) is -3.30. The highest BCUT2D eigenvalue weighted by Crippen LogP contribution is 2.36. The number of benzene rings is 2. The molecule has 0 N–H and O–H groups in total. The number of hydrogen-bond donors (Lipinski definition) is 0. The second-order valence-corrected chi connectivity index (χ2v) is 6.72. The third-order valence-corrected chi connectivity index (χ3v) is 4.98. The van der Waals surface area contributed by atoms with Crippen molar-refractivity contribution in [3.63, 3.8) is 0 Å². The van der Waals surface area contributed by atoms with Crippen molar-refractivity contribution in [3.8, 4) is 28.8 Å². The number of ether oxygens (including phenoxy) is 2. The zero-order chi connectivity index (χ0) is 21.0. The maximum atomic E-state index is 13.2. The molecular formula is C21H15F3N2O2S. The molecule has 0 aliphatic carbocycles. The van der Waals surface area contributed by atoms with Crippen LogP contribution in [0.5, 0.6) is 11.5 Å². The molecule has 148 valence electrons. The molecule has 1 aromatic heterocycles. The van der Waals surface area contributed by atoms with Crippen molar-refractivity contribution in [3.05, 3.63) is 64.0 Å². The Hall–Kier alpha value is -3.31. The van der Waals surface area contributed by atoms with Gasteiger partial charge < -0.3 is 9.47 Å². The van der Waals surface area contributed by atoms with E-state index in [0.29, 0.717) is 22.2 Å². The highest BCUT2D eigenvalue weighted by atomic mass is 32.1. The Morgan fingerprint density at radius 1 is 1.10 bits per heavy atom. The first kappa shape index (κ1) is 20.4. The maximum Gasteiger partial charge on any atom is 0.416 e. The Labute approximate surface area is 169 Å². The number of hydrogen-bond acceptors (Lipinski definition) is 5. The molecule has 0 saturated carbocycles. The van der Waals surface area contributed by atoms with E-state index in [1.54, 1.807) is 23.6 Å². The minimum absolute atomic E-state index is 0.0541. The van der Waals surface area contributed by atoms with Gasteiger partial charge in [0.1, 0.15) is 11.1 Å². The first-order valence-corrected chi connectivity index (χ1v) is 9.21. The highest BCUT2D eigenvalue weighted by Gasteiger charge is 2.32. The van der Waals surface area contributed by atoms with E-state index in [-0.39, 0.29) is 11.1 Å². The number of aromatic nitrogens is 1.